The Labute approximate surface area is 111 Å². The Balaban J connectivity index is 2.71. The highest BCUT2D eigenvalue weighted by molar-refractivity contribution is 9.10. The molecule has 3 nitrogen and oxygen atoms in total. The van der Waals surface area contributed by atoms with Gasteiger partial charge in [0.2, 0.25) is 0 Å². The predicted molar refractivity (Wildman–Crippen MR) is 71.5 cm³/mol. The standard InChI is InChI=1S/C13H19BrO3/c1-4-12(16-2)11(15)8-9-5-6-13(17-3)10(14)7-9/h5-7,11-12,15H,4,8H2,1-3H3. The van der Waals surface area contributed by atoms with Crippen LogP contribution in [0.5, 0.6) is 5.75 Å². The summed E-state index contributed by atoms with van der Waals surface area (Å²) < 4.78 is 11.3. The molecule has 0 saturated heterocycles. The first-order valence-corrected chi connectivity index (χ1v) is 6.45. The minimum Gasteiger partial charge on any atom is -0.496 e. The molecule has 0 radical (unpaired) electrons. The summed E-state index contributed by atoms with van der Waals surface area (Å²) in [5.41, 5.74) is 1.06. The highest BCUT2D eigenvalue weighted by atomic mass is 79.9. The van der Waals surface area contributed by atoms with Gasteiger partial charge in [-0.25, -0.2) is 0 Å². The maximum absolute atomic E-state index is 10.0. The largest absolute Gasteiger partial charge is 0.496 e. The highest BCUT2D eigenvalue weighted by Gasteiger charge is 2.17. The van der Waals surface area contributed by atoms with E-state index >= 15 is 0 Å². The fourth-order valence-electron chi connectivity index (χ4n) is 1.81. The van der Waals surface area contributed by atoms with Gasteiger partial charge in [0.1, 0.15) is 5.75 Å². The van der Waals surface area contributed by atoms with Crippen LogP contribution in [0.15, 0.2) is 22.7 Å². The minimum atomic E-state index is -0.481. The number of hydrogen-bond donors (Lipinski definition) is 1. The second-order valence-corrected chi connectivity index (χ2v) is 4.78. The molecule has 0 aliphatic carbocycles. The number of methoxy groups -OCH3 is 2. The van der Waals surface area contributed by atoms with Gasteiger partial charge in [-0.15, -0.1) is 0 Å². The van der Waals surface area contributed by atoms with E-state index in [1.54, 1.807) is 14.2 Å². The van der Waals surface area contributed by atoms with Crippen LogP contribution in [0.4, 0.5) is 0 Å². The maximum atomic E-state index is 10.0. The van der Waals surface area contributed by atoms with Crippen LogP contribution in [0.25, 0.3) is 0 Å². The molecule has 0 fully saturated rings. The Morgan fingerprint density at radius 3 is 2.53 bits per heavy atom. The molecule has 1 rings (SSSR count). The smallest absolute Gasteiger partial charge is 0.133 e. The molecule has 0 aromatic heterocycles. The van der Waals surface area contributed by atoms with Gasteiger partial charge < -0.3 is 14.6 Å². The van der Waals surface area contributed by atoms with Gasteiger partial charge in [-0.2, -0.15) is 0 Å². The molecule has 0 aliphatic rings. The lowest BCUT2D eigenvalue weighted by molar-refractivity contribution is -0.0128. The third kappa shape index (κ3) is 3.98. The topological polar surface area (TPSA) is 38.7 Å². The number of aliphatic hydroxyl groups excluding tert-OH is 1. The van der Waals surface area contributed by atoms with Crippen LogP contribution in [0, 0.1) is 0 Å². The quantitative estimate of drug-likeness (QED) is 0.878. The van der Waals surface area contributed by atoms with Crippen LogP contribution in [0.1, 0.15) is 18.9 Å². The lowest BCUT2D eigenvalue weighted by atomic mass is 10.0. The molecule has 0 heterocycles. The number of halogens is 1. The molecule has 2 atom stereocenters. The maximum Gasteiger partial charge on any atom is 0.133 e. The van der Waals surface area contributed by atoms with Crippen molar-refractivity contribution in [3.8, 4) is 5.75 Å². The zero-order valence-electron chi connectivity index (χ0n) is 10.4. The number of ether oxygens (including phenoxy) is 2. The fourth-order valence-corrected chi connectivity index (χ4v) is 2.39. The average molecular weight is 303 g/mol. The van der Waals surface area contributed by atoms with Crippen molar-refractivity contribution in [3.63, 3.8) is 0 Å². The zero-order valence-corrected chi connectivity index (χ0v) is 12.0. The lowest BCUT2D eigenvalue weighted by Crippen LogP contribution is -2.29. The first-order valence-electron chi connectivity index (χ1n) is 5.65. The number of benzene rings is 1. The van der Waals surface area contributed by atoms with Crippen molar-refractivity contribution in [3.05, 3.63) is 28.2 Å². The van der Waals surface area contributed by atoms with Crippen LogP contribution >= 0.6 is 15.9 Å². The Bertz CT molecular complexity index is 351. The molecule has 1 aromatic carbocycles. The molecule has 0 saturated carbocycles. The minimum absolute atomic E-state index is 0.115. The van der Waals surface area contributed by atoms with Gasteiger partial charge in [-0.1, -0.05) is 13.0 Å². The number of aliphatic hydroxyl groups is 1. The van der Waals surface area contributed by atoms with E-state index in [1.165, 1.54) is 0 Å². The SMILES string of the molecule is CCC(OC)C(O)Cc1ccc(OC)c(Br)c1. The summed E-state index contributed by atoms with van der Waals surface area (Å²) in [6, 6.07) is 5.81. The fraction of sp³-hybridized carbons (Fsp3) is 0.538. The van der Waals surface area contributed by atoms with Crippen LogP contribution in [0.2, 0.25) is 0 Å². The Morgan fingerprint density at radius 2 is 2.06 bits per heavy atom. The highest BCUT2D eigenvalue weighted by Crippen LogP contribution is 2.26. The summed E-state index contributed by atoms with van der Waals surface area (Å²) in [6.07, 6.45) is 0.783. The van der Waals surface area contributed by atoms with E-state index < -0.39 is 6.10 Å². The van der Waals surface area contributed by atoms with E-state index in [0.717, 1.165) is 22.2 Å². The lowest BCUT2D eigenvalue weighted by Gasteiger charge is -2.20. The number of hydrogen-bond acceptors (Lipinski definition) is 3. The second-order valence-electron chi connectivity index (χ2n) is 3.92. The van der Waals surface area contributed by atoms with Crippen LogP contribution < -0.4 is 4.74 Å². The Hall–Kier alpha value is -0.580. The molecule has 17 heavy (non-hydrogen) atoms. The van der Waals surface area contributed by atoms with Crippen molar-refractivity contribution in [2.45, 2.75) is 32.0 Å². The van der Waals surface area contributed by atoms with Gasteiger partial charge in [-0.05, 0) is 40.0 Å². The zero-order chi connectivity index (χ0) is 12.8. The van der Waals surface area contributed by atoms with E-state index in [-0.39, 0.29) is 6.10 Å². The molecule has 0 aliphatic heterocycles. The second kappa shape index (κ2) is 6.99. The Morgan fingerprint density at radius 1 is 1.35 bits per heavy atom. The van der Waals surface area contributed by atoms with E-state index in [9.17, 15) is 5.11 Å². The van der Waals surface area contributed by atoms with E-state index in [0.29, 0.717) is 6.42 Å². The van der Waals surface area contributed by atoms with E-state index in [4.69, 9.17) is 9.47 Å². The summed E-state index contributed by atoms with van der Waals surface area (Å²) in [5, 5.41) is 10.0. The Kier molecular flexibility index (Phi) is 5.95. The van der Waals surface area contributed by atoms with Gasteiger partial charge in [0.15, 0.2) is 0 Å². The molecule has 0 amide bonds. The summed E-state index contributed by atoms with van der Waals surface area (Å²) in [4.78, 5) is 0. The van der Waals surface area contributed by atoms with Gasteiger partial charge in [-0.3, -0.25) is 0 Å². The molecular weight excluding hydrogens is 284 g/mol. The summed E-state index contributed by atoms with van der Waals surface area (Å²) >= 11 is 3.43. The van der Waals surface area contributed by atoms with Crippen LogP contribution in [0.3, 0.4) is 0 Å². The van der Waals surface area contributed by atoms with Crippen LogP contribution in [-0.2, 0) is 11.2 Å². The molecule has 0 spiro atoms. The predicted octanol–water partition coefficient (Wildman–Crippen LogP) is 2.79. The molecule has 4 heteroatoms. The van der Waals surface area contributed by atoms with Crippen molar-refractivity contribution in [1.29, 1.82) is 0 Å². The third-order valence-corrected chi connectivity index (χ3v) is 3.42. The molecule has 96 valence electrons. The monoisotopic (exact) mass is 302 g/mol. The summed E-state index contributed by atoms with van der Waals surface area (Å²) in [7, 11) is 3.26. The van der Waals surface area contributed by atoms with Crippen molar-refractivity contribution >= 4 is 15.9 Å². The average Bonchev–Trinajstić information content (AvgIpc) is 2.31. The molecule has 1 N–H and O–H groups in total. The van der Waals surface area contributed by atoms with E-state index in [2.05, 4.69) is 15.9 Å². The number of rotatable bonds is 6. The van der Waals surface area contributed by atoms with Gasteiger partial charge in [0.25, 0.3) is 0 Å². The molecule has 0 bridgehead atoms. The van der Waals surface area contributed by atoms with Crippen molar-refractivity contribution in [2.75, 3.05) is 14.2 Å². The summed E-state index contributed by atoms with van der Waals surface area (Å²) in [6.45, 7) is 2.00. The van der Waals surface area contributed by atoms with Crippen molar-refractivity contribution in [2.24, 2.45) is 0 Å². The molecule has 1 aromatic rings. The van der Waals surface area contributed by atoms with E-state index in [1.807, 2.05) is 25.1 Å². The van der Waals surface area contributed by atoms with Gasteiger partial charge in [0, 0.05) is 13.5 Å². The van der Waals surface area contributed by atoms with Crippen LogP contribution in [-0.4, -0.2) is 31.5 Å². The third-order valence-electron chi connectivity index (χ3n) is 2.80. The van der Waals surface area contributed by atoms with Crippen molar-refractivity contribution < 1.29 is 14.6 Å². The first-order chi connectivity index (χ1) is 8.12. The first kappa shape index (κ1) is 14.5. The normalized spacial score (nSPS) is 14.4. The van der Waals surface area contributed by atoms with Crippen molar-refractivity contribution in [1.82, 2.24) is 0 Å². The molecule has 2 unspecified atom stereocenters. The van der Waals surface area contributed by atoms with Gasteiger partial charge >= 0.3 is 0 Å². The van der Waals surface area contributed by atoms with Gasteiger partial charge in [0.05, 0.1) is 23.8 Å². The molecular formula is C13H19BrO3. The summed E-state index contributed by atoms with van der Waals surface area (Å²) in [5.74, 6) is 0.794.